The van der Waals surface area contributed by atoms with Crippen LogP contribution in [0.3, 0.4) is 0 Å². The van der Waals surface area contributed by atoms with Crippen LogP contribution in [-0.2, 0) is 6.54 Å². The van der Waals surface area contributed by atoms with E-state index in [-0.39, 0.29) is 12.3 Å². The zero-order chi connectivity index (χ0) is 20.5. The van der Waals surface area contributed by atoms with E-state index in [1.165, 1.54) is 25.9 Å². The van der Waals surface area contributed by atoms with Gasteiger partial charge < -0.3 is 19.3 Å². The van der Waals surface area contributed by atoms with Crippen LogP contribution in [0.25, 0.3) is 22.6 Å². The van der Waals surface area contributed by atoms with Gasteiger partial charge in [0.05, 0.1) is 33.2 Å². The number of methoxy groups -OCH3 is 3. The van der Waals surface area contributed by atoms with Crippen molar-refractivity contribution in [1.82, 2.24) is 19.5 Å². The predicted molar refractivity (Wildman–Crippen MR) is 104 cm³/mol. The van der Waals surface area contributed by atoms with E-state index >= 15 is 0 Å². The molecule has 0 spiro atoms. The summed E-state index contributed by atoms with van der Waals surface area (Å²) in [6.45, 7) is 3.98. The van der Waals surface area contributed by atoms with Gasteiger partial charge in [-0.3, -0.25) is 9.55 Å². The zero-order valence-electron chi connectivity index (χ0n) is 16.6. The number of aromatic amines is 1. The number of benzene rings is 1. The number of rotatable bonds is 7. The average molecular weight is 388 g/mol. The lowest BCUT2D eigenvalue weighted by Crippen LogP contribution is -2.29. The van der Waals surface area contributed by atoms with Crippen LogP contribution in [0.15, 0.2) is 23.1 Å². The number of hydrogen-bond acceptors (Lipinski definition) is 7. The van der Waals surface area contributed by atoms with E-state index in [0.717, 1.165) is 0 Å². The van der Waals surface area contributed by atoms with Crippen LogP contribution in [0.1, 0.15) is 13.8 Å². The Kier molecular flexibility index (Phi) is 5.28. The van der Waals surface area contributed by atoms with Crippen molar-refractivity contribution < 1.29 is 19.3 Å². The summed E-state index contributed by atoms with van der Waals surface area (Å²) in [5, 5.41) is 9.55. The molecule has 0 saturated heterocycles. The first-order valence-corrected chi connectivity index (χ1v) is 8.70. The van der Waals surface area contributed by atoms with Gasteiger partial charge in [-0.1, -0.05) is 13.8 Å². The first-order chi connectivity index (χ1) is 13.3. The number of aromatic nitrogens is 4. The second-order valence-electron chi connectivity index (χ2n) is 7.18. The van der Waals surface area contributed by atoms with Crippen LogP contribution in [0, 0.1) is 5.41 Å². The molecule has 9 nitrogen and oxygen atoms in total. The van der Waals surface area contributed by atoms with Gasteiger partial charge in [0.25, 0.3) is 0 Å². The highest BCUT2D eigenvalue weighted by molar-refractivity contribution is 5.73. The summed E-state index contributed by atoms with van der Waals surface area (Å²) in [4.78, 5) is 24.0. The Hall–Kier alpha value is -3.07. The molecule has 0 amide bonds. The van der Waals surface area contributed by atoms with Crippen LogP contribution in [0.4, 0.5) is 0 Å². The number of aliphatic hydroxyl groups excluding tert-OH is 1. The van der Waals surface area contributed by atoms with Gasteiger partial charge in [0.15, 0.2) is 22.8 Å². The molecule has 150 valence electrons. The Labute approximate surface area is 161 Å². The SMILES string of the molecule is COc1cc(-c2cnc3[nH]c(=O)n(CC(C)(C)CO)c3n2)cc(OC)c1OC. The molecule has 0 bridgehead atoms. The van der Waals surface area contributed by atoms with E-state index in [1.807, 2.05) is 13.8 Å². The normalized spacial score (nSPS) is 11.6. The lowest BCUT2D eigenvalue weighted by Gasteiger charge is -2.21. The number of ether oxygens (including phenoxy) is 3. The maximum absolute atomic E-state index is 12.4. The molecule has 9 heteroatoms. The summed E-state index contributed by atoms with van der Waals surface area (Å²) in [6, 6.07) is 3.54. The van der Waals surface area contributed by atoms with E-state index in [0.29, 0.717) is 46.3 Å². The van der Waals surface area contributed by atoms with E-state index < -0.39 is 5.41 Å². The Morgan fingerprint density at radius 2 is 1.79 bits per heavy atom. The van der Waals surface area contributed by atoms with Crippen LogP contribution in [0.5, 0.6) is 17.2 Å². The molecule has 0 aliphatic carbocycles. The van der Waals surface area contributed by atoms with Crippen molar-refractivity contribution in [2.24, 2.45) is 5.41 Å². The number of hydrogen-bond donors (Lipinski definition) is 2. The van der Waals surface area contributed by atoms with Crippen molar-refractivity contribution in [2.45, 2.75) is 20.4 Å². The van der Waals surface area contributed by atoms with Crippen molar-refractivity contribution in [3.63, 3.8) is 0 Å². The number of H-pyrrole nitrogens is 1. The summed E-state index contributed by atoms with van der Waals surface area (Å²) in [6.07, 6.45) is 1.57. The van der Waals surface area contributed by atoms with Gasteiger partial charge in [0.1, 0.15) is 0 Å². The molecule has 2 N–H and O–H groups in total. The summed E-state index contributed by atoms with van der Waals surface area (Å²) < 4.78 is 17.6. The van der Waals surface area contributed by atoms with Crippen molar-refractivity contribution >= 4 is 11.3 Å². The van der Waals surface area contributed by atoms with Crippen LogP contribution >= 0.6 is 0 Å². The summed E-state index contributed by atoms with van der Waals surface area (Å²) >= 11 is 0. The number of imidazole rings is 1. The topological polar surface area (TPSA) is 111 Å². The van der Waals surface area contributed by atoms with Crippen molar-refractivity contribution in [3.05, 3.63) is 28.8 Å². The zero-order valence-corrected chi connectivity index (χ0v) is 16.6. The summed E-state index contributed by atoms with van der Waals surface area (Å²) in [5.74, 6) is 1.46. The van der Waals surface area contributed by atoms with E-state index in [1.54, 1.807) is 18.3 Å². The molecule has 1 aromatic carbocycles. The third-order valence-corrected chi connectivity index (χ3v) is 4.45. The maximum atomic E-state index is 12.4. The molecule has 28 heavy (non-hydrogen) atoms. The Bertz CT molecular complexity index is 1030. The lowest BCUT2D eigenvalue weighted by atomic mass is 9.95. The van der Waals surface area contributed by atoms with Crippen LogP contribution < -0.4 is 19.9 Å². The molecular formula is C19H24N4O5. The number of fused-ring (bicyclic) bond motifs is 1. The second kappa shape index (κ2) is 7.51. The van der Waals surface area contributed by atoms with E-state index in [2.05, 4.69) is 15.0 Å². The van der Waals surface area contributed by atoms with Crippen molar-refractivity contribution in [2.75, 3.05) is 27.9 Å². The fraction of sp³-hybridized carbons (Fsp3) is 0.421. The average Bonchev–Trinajstić information content (AvgIpc) is 3.00. The lowest BCUT2D eigenvalue weighted by molar-refractivity contribution is 0.141. The van der Waals surface area contributed by atoms with E-state index in [9.17, 15) is 9.90 Å². The summed E-state index contributed by atoms with van der Waals surface area (Å²) in [5.41, 5.74) is 1.24. The maximum Gasteiger partial charge on any atom is 0.328 e. The van der Waals surface area contributed by atoms with Gasteiger partial charge >= 0.3 is 5.69 Å². The molecule has 0 unspecified atom stereocenters. The van der Waals surface area contributed by atoms with E-state index in [4.69, 9.17) is 14.2 Å². The molecule has 2 heterocycles. The van der Waals surface area contributed by atoms with Gasteiger partial charge in [0.2, 0.25) is 5.75 Å². The largest absolute Gasteiger partial charge is 0.493 e. The summed E-state index contributed by atoms with van der Waals surface area (Å²) in [7, 11) is 4.61. The van der Waals surface area contributed by atoms with Crippen molar-refractivity contribution in [3.8, 4) is 28.5 Å². The highest BCUT2D eigenvalue weighted by atomic mass is 16.5. The number of nitrogens with one attached hydrogen (secondary N) is 1. The van der Waals surface area contributed by atoms with Gasteiger partial charge in [-0.15, -0.1) is 0 Å². The fourth-order valence-corrected chi connectivity index (χ4v) is 2.91. The minimum atomic E-state index is -0.483. The van der Waals surface area contributed by atoms with Crippen molar-refractivity contribution in [1.29, 1.82) is 0 Å². The Morgan fingerprint density at radius 1 is 1.14 bits per heavy atom. The number of aliphatic hydroxyl groups is 1. The highest BCUT2D eigenvalue weighted by Crippen LogP contribution is 2.40. The predicted octanol–water partition coefficient (Wildman–Crippen LogP) is 1.83. The second-order valence-corrected chi connectivity index (χ2v) is 7.18. The Morgan fingerprint density at radius 3 is 2.32 bits per heavy atom. The standard InChI is InChI=1S/C19H24N4O5/c1-19(2,10-24)9-23-17-16(22-18(23)25)20-8-12(21-17)11-6-13(26-3)15(28-5)14(7-11)27-4/h6-8,24H,9-10H2,1-5H3,(H,20,22,25). The monoisotopic (exact) mass is 388 g/mol. The molecule has 0 fully saturated rings. The van der Waals surface area contributed by atoms with Gasteiger partial charge in [-0.2, -0.15) is 0 Å². The molecule has 0 aliphatic heterocycles. The molecule has 0 radical (unpaired) electrons. The third-order valence-electron chi connectivity index (χ3n) is 4.45. The molecular weight excluding hydrogens is 364 g/mol. The first kappa shape index (κ1) is 19.7. The molecule has 3 rings (SSSR count). The highest BCUT2D eigenvalue weighted by Gasteiger charge is 2.22. The van der Waals surface area contributed by atoms with Gasteiger partial charge in [0, 0.05) is 24.1 Å². The smallest absolute Gasteiger partial charge is 0.328 e. The minimum Gasteiger partial charge on any atom is -0.493 e. The number of nitrogens with zero attached hydrogens (tertiary/aromatic N) is 3. The molecule has 0 saturated carbocycles. The third kappa shape index (κ3) is 3.53. The van der Waals surface area contributed by atoms with Gasteiger partial charge in [-0.05, 0) is 12.1 Å². The molecule has 0 aliphatic rings. The first-order valence-electron chi connectivity index (χ1n) is 8.70. The quantitative estimate of drug-likeness (QED) is 0.635. The fourth-order valence-electron chi connectivity index (χ4n) is 2.91. The molecule has 3 aromatic rings. The van der Waals surface area contributed by atoms with Crippen LogP contribution in [0.2, 0.25) is 0 Å². The Balaban J connectivity index is 2.16. The minimum absolute atomic E-state index is 0.0634. The van der Waals surface area contributed by atoms with Crippen LogP contribution in [-0.4, -0.2) is 52.6 Å². The molecule has 2 aromatic heterocycles. The van der Waals surface area contributed by atoms with Gasteiger partial charge in [-0.25, -0.2) is 14.8 Å². The molecule has 0 atom stereocenters.